The number of nitrogens with one attached hydrogen (secondary N) is 2. The summed E-state index contributed by atoms with van der Waals surface area (Å²) >= 11 is 6.08. The summed E-state index contributed by atoms with van der Waals surface area (Å²) in [5.41, 5.74) is 1.05. The molecule has 0 radical (unpaired) electrons. The van der Waals surface area contributed by atoms with E-state index >= 15 is 0 Å². The van der Waals surface area contributed by atoms with E-state index in [-0.39, 0.29) is 18.3 Å². The summed E-state index contributed by atoms with van der Waals surface area (Å²) in [4.78, 5) is 14.4. The van der Waals surface area contributed by atoms with Gasteiger partial charge in [-0.1, -0.05) is 17.7 Å². The molecule has 1 atom stereocenters. The van der Waals surface area contributed by atoms with E-state index in [1.165, 1.54) is 0 Å². The van der Waals surface area contributed by atoms with E-state index in [1.54, 1.807) is 13.0 Å². The van der Waals surface area contributed by atoms with E-state index in [0.29, 0.717) is 17.3 Å². The zero-order valence-electron chi connectivity index (χ0n) is 13.6. The van der Waals surface area contributed by atoms with Crippen LogP contribution in [0.25, 0.3) is 0 Å². The summed E-state index contributed by atoms with van der Waals surface area (Å²) in [6.45, 7) is 9.28. The number of hydrogen-bond donors (Lipinski definition) is 2. The summed E-state index contributed by atoms with van der Waals surface area (Å²) in [7, 11) is 0. The molecule has 1 fully saturated rings. The lowest BCUT2D eigenvalue weighted by atomic mass is 10.2. The number of amides is 1. The molecular formula is C16H25Cl2N3O2. The third-order valence-corrected chi connectivity index (χ3v) is 4.01. The standard InChI is InChI=1S/C16H24ClN3O2.ClH/c1-12-3-4-14(17)15(11-12)22-13(2)16(21)19-7-10-20-8-5-18-6-9-20;/h3-4,11,13,18H,5-10H2,1-2H3,(H,19,21);1H. The number of piperazine rings is 1. The van der Waals surface area contributed by atoms with Crippen molar-refractivity contribution < 1.29 is 9.53 Å². The smallest absolute Gasteiger partial charge is 0.260 e. The molecule has 1 aromatic rings. The zero-order chi connectivity index (χ0) is 15.9. The number of aryl methyl sites for hydroxylation is 1. The van der Waals surface area contributed by atoms with Gasteiger partial charge < -0.3 is 15.4 Å². The lowest BCUT2D eigenvalue weighted by Crippen LogP contribution is -2.47. The van der Waals surface area contributed by atoms with Crippen LogP contribution in [0.1, 0.15) is 12.5 Å². The fourth-order valence-corrected chi connectivity index (χ4v) is 2.52. The molecule has 5 nitrogen and oxygen atoms in total. The molecule has 0 spiro atoms. The van der Waals surface area contributed by atoms with Crippen molar-refractivity contribution >= 4 is 29.9 Å². The lowest BCUT2D eigenvalue weighted by Gasteiger charge is -2.27. The van der Waals surface area contributed by atoms with Gasteiger partial charge in [0.25, 0.3) is 5.91 Å². The van der Waals surface area contributed by atoms with Gasteiger partial charge in [0.15, 0.2) is 6.10 Å². The van der Waals surface area contributed by atoms with Crippen LogP contribution in [0.3, 0.4) is 0 Å². The molecule has 130 valence electrons. The van der Waals surface area contributed by atoms with Crippen molar-refractivity contribution in [3.8, 4) is 5.75 Å². The molecule has 1 heterocycles. The quantitative estimate of drug-likeness (QED) is 0.811. The normalized spacial score (nSPS) is 16.3. The third kappa shape index (κ3) is 6.55. The maximum absolute atomic E-state index is 12.1. The molecule has 1 aliphatic heterocycles. The van der Waals surface area contributed by atoms with E-state index in [0.717, 1.165) is 38.3 Å². The van der Waals surface area contributed by atoms with Crippen molar-refractivity contribution in [2.45, 2.75) is 20.0 Å². The molecule has 1 aliphatic rings. The summed E-state index contributed by atoms with van der Waals surface area (Å²) in [6.07, 6.45) is -0.567. The Morgan fingerprint density at radius 1 is 1.43 bits per heavy atom. The van der Waals surface area contributed by atoms with Crippen LogP contribution in [-0.4, -0.2) is 56.2 Å². The average molecular weight is 362 g/mol. The summed E-state index contributed by atoms with van der Waals surface area (Å²) in [5.74, 6) is 0.430. The fraction of sp³-hybridized carbons (Fsp3) is 0.562. The SMILES string of the molecule is Cc1ccc(Cl)c(OC(C)C(=O)NCCN2CCNCC2)c1.Cl. The highest BCUT2D eigenvalue weighted by Gasteiger charge is 2.16. The van der Waals surface area contributed by atoms with Crippen LogP contribution in [0.15, 0.2) is 18.2 Å². The molecule has 0 saturated carbocycles. The molecule has 1 saturated heterocycles. The highest BCUT2D eigenvalue weighted by Crippen LogP contribution is 2.26. The van der Waals surface area contributed by atoms with Gasteiger partial charge >= 0.3 is 0 Å². The Morgan fingerprint density at radius 3 is 2.83 bits per heavy atom. The van der Waals surface area contributed by atoms with Crippen molar-refractivity contribution in [2.75, 3.05) is 39.3 Å². The van der Waals surface area contributed by atoms with Gasteiger partial charge in [-0.25, -0.2) is 0 Å². The Morgan fingerprint density at radius 2 is 2.13 bits per heavy atom. The van der Waals surface area contributed by atoms with E-state index in [9.17, 15) is 4.79 Å². The monoisotopic (exact) mass is 361 g/mol. The number of benzene rings is 1. The molecule has 2 N–H and O–H groups in total. The minimum Gasteiger partial charge on any atom is -0.479 e. The van der Waals surface area contributed by atoms with Gasteiger partial charge in [0.2, 0.25) is 0 Å². The van der Waals surface area contributed by atoms with Gasteiger partial charge in [0, 0.05) is 39.3 Å². The molecule has 23 heavy (non-hydrogen) atoms. The second-order valence-electron chi connectivity index (χ2n) is 5.58. The Bertz CT molecular complexity index is 508. The van der Waals surface area contributed by atoms with Crippen molar-refractivity contribution in [3.05, 3.63) is 28.8 Å². The summed E-state index contributed by atoms with van der Waals surface area (Å²) < 4.78 is 5.66. The first-order chi connectivity index (χ1) is 10.6. The first kappa shape index (κ1) is 20.0. The maximum Gasteiger partial charge on any atom is 0.260 e. The van der Waals surface area contributed by atoms with Crippen LogP contribution >= 0.6 is 24.0 Å². The molecular weight excluding hydrogens is 337 g/mol. The highest BCUT2D eigenvalue weighted by atomic mass is 35.5. The van der Waals surface area contributed by atoms with E-state index in [4.69, 9.17) is 16.3 Å². The predicted molar refractivity (Wildman–Crippen MR) is 95.8 cm³/mol. The molecule has 2 rings (SSSR count). The average Bonchev–Trinajstić information content (AvgIpc) is 2.52. The van der Waals surface area contributed by atoms with Crippen LogP contribution in [0.5, 0.6) is 5.75 Å². The van der Waals surface area contributed by atoms with Gasteiger partial charge in [-0.2, -0.15) is 0 Å². The number of nitrogens with zero attached hydrogens (tertiary/aromatic N) is 1. The van der Waals surface area contributed by atoms with Crippen LogP contribution in [0, 0.1) is 6.92 Å². The van der Waals surface area contributed by atoms with Crippen molar-refractivity contribution in [2.24, 2.45) is 0 Å². The van der Waals surface area contributed by atoms with Crippen molar-refractivity contribution in [1.82, 2.24) is 15.5 Å². The molecule has 0 aliphatic carbocycles. The number of hydrogen-bond acceptors (Lipinski definition) is 4. The Balaban J connectivity index is 0.00000264. The minimum absolute atomic E-state index is 0. The van der Waals surface area contributed by atoms with Gasteiger partial charge in [-0.05, 0) is 31.5 Å². The Labute approximate surface area is 149 Å². The zero-order valence-corrected chi connectivity index (χ0v) is 15.2. The number of ether oxygens (including phenoxy) is 1. The predicted octanol–water partition coefficient (Wildman–Crippen LogP) is 1.86. The fourth-order valence-electron chi connectivity index (χ4n) is 2.36. The van der Waals surface area contributed by atoms with Crippen LogP contribution in [0.2, 0.25) is 5.02 Å². The first-order valence-corrected chi connectivity index (χ1v) is 8.07. The molecule has 1 aromatic carbocycles. The second kappa shape index (κ2) is 9.98. The van der Waals surface area contributed by atoms with E-state index in [2.05, 4.69) is 15.5 Å². The molecule has 0 aromatic heterocycles. The Kier molecular flexibility index (Phi) is 8.69. The molecule has 7 heteroatoms. The van der Waals surface area contributed by atoms with Crippen molar-refractivity contribution in [3.63, 3.8) is 0 Å². The second-order valence-corrected chi connectivity index (χ2v) is 5.98. The summed E-state index contributed by atoms with van der Waals surface area (Å²) in [5, 5.41) is 6.74. The van der Waals surface area contributed by atoms with Gasteiger partial charge in [-0.15, -0.1) is 12.4 Å². The van der Waals surface area contributed by atoms with Crippen molar-refractivity contribution in [1.29, 1.82) is 0 Å². The number of carbonyl (C=O) groups excluding carboxylic acids is 1. The summed E-state index contributed by atoms with van der Waals surface area (Å²) in [6, 6.07) is 5.53. The van der Waals surface area contributed by atoms with Gasteiger partial charge in [0.1, 0.15) is 5.75 Å². The van der Waals surface area contributed by atoms with E-state index < -0.39 is 6.10 Å². The Hall–Kier alpha value is -1.01. The lowest BCUT2D eigenvalue weighted by molar-refractivity contribution is -0.127. The maximum atomic E-state index is 12.1. The van der Waals surface area contributed by atoms with Gasteiger partial charge in [0.05, 0.1) is 5.02 Å². The van der Waals surface area contributed by atoms with Crippen LogP contribution in [0.4, 0.5) is 0 Å². The first-order valence-electron chi connectivity index (χ1n) is 7.70. The number of carbonyl (C=O) groups is 1. The molecule has 1 unspecified atom stereocenters. The van der Waals surface area contributed by atoms with Gasteiger partial charge in [-0.3, -0.25) is 9.69 Å². The number of halogens is 2. The minimum atomic E-state index is -0.567. The molecule has 0 bridgehead atoms. The number of rotatable bonds is 6. The topological polar surface area (TPSA) is 53.6 Å². The van der Waals surface area contributed by atoms with E-state index in [1.807, 2.05) is 19.1 Å². The van der Waals surface area contributed by atoms with Crippen LogP contribution in [-0.2, 0) is 4.79 Å². The molecule has 1 amide bonds. The largest absolute Gasteiger partial charge is 0.479 e. The van der Waals surface area contributed by atoms with Crippen LogP contribution < -0.4 is 15.4 Å². The third-order valence-electron chi connectivity index (χ3n) is 3.70. The highest BCUT2D eigenvalue weighted by molar-refractivity contribution is 6.32.